The molecule has 0 fully saturated rings. The molecule has 0 bridgehead atoms. The predicted octanol–water partition coefficient (Wildman–Crippen LogP) is 1.64. The van der Waals surface area contributed by atoms with Crippen LogP contribution in [0.3, 0.4) is 0 Å². The number of carbonyl (C=O) groups excluding carboxylic acids is 1. The van der Waals surface area contributed by atoms with E-state index in [4.69, 9.17) is 5.73 Å². The number of nitrogen functional groups attached to an aromatic ring is 1. The third kappa shape index (κ3) is 1.99. The predicted molar refractivity (Wildman–Crippen MR) is 54.6 cm³/mol. The van der Waals surface area contributed by atoms with Crippen molar-refractivity contribution in [2.45, 2.75) is 13.8 Å². The van der Waals surface area contributed by atoms with Crippen molar-refractivity contribution in [1.29, 1.82) is 0 Å². The molecule has 0 aliphatic heterocycles. The first kappa shape index (κ1) is 9.58. The summed E-state index contributed by atoms with van der Waals surface area (Å²) < 4.78 is 0. The van der Waals surface area contributed by atoms with E-state index in [2.05, 4.69) is 0 Å². The first-order valence-corrected chi connectivity index (χ1v) is 4.29. The molecule has 0 aromatic heterocycles. The second-order valence-corrected chi connectivity index (χ2v) is 2.82. The summed E-state index contributed by atoms with van der Waals surface area (Å²) in [5.74, 6) is 0.0143. The van der Waals surface area contributed by atoms with Gasteiger partial charge in [-0.2, -0.15) is 0 Å². The second-order valence-electron chi connectivity index (χ2n) is 2.82. The molecular formula is C10H14N2O. The van der Waals surface area contributed by atoms with Gasteiger partial charge in [-0.05, 0) is 19.1 Å². The highest BCUT2D eigenvalue weighted by Gasteiger charge is 2.10. The van der Waals surface area contributed by atoms with Gasteiger partial charge < -0.3 is 10.6 Å². The molecule has 3 heteroatoms. The lowest BCUT2D eigenvalue weighted by atomic mass is 10.2. The van der Waals surface area contributed by atoms with Gasteiger partial charge >= 0.3 is 0 Å². The normalized spacial score (nSPS) is 9.69. The number of carbonyl (C=O) groups is 1. The van der Waals surface area contributed by atoms with Gasteiger partial charge in [-0.1, -0.05) is 12.1 Å². The zero-order chi connectivity index (χ0) is 9.84. The van der Waals surface area contributed by atoms with Gasteiger partial charge in [0.25, 0.3) is 0 Å². The molecule has 2 N–H and O–H groups in total. The van der Waals surface area contributed by atoms with Crippen molar-refractivity contribution < 1.29 is 4.79 Å². The highest BCUT2D eigenvalue weighted by molar-refractivity contribution is 5.94. The van der Waals surface area contributed by atoms with E-state index in [0.717, 1.165) is 5.69 Å². The molecule has 1 aromatic rings. The zero-order valence-electron chi connectivity index (χ0n) is 7.95. The number of para-hydroxylation sites is 2. The summed E-state index contributed by atoms with van der Waals surface area (Å²) >= 11 is 0. The molecule has 1 amide bonds. The molecular weight excluding hydrogens is 164 g/mol. The Hall–Kier alpha value is -1.51. The average molecular weight is 178 g/mol. The van der Waals surface area contributed by atoms with Crippen molar-refractivity contribution >= 4 is 17.3 Å². The lowest BCUT2D eigenvalue weighted by Crippen LogP contribution is -2.28. The van der Waals surface area contributed by atoms with Crippen LogP contribution in [0.25, 0.3) is 0 Å². The summed E-state index contributed by atoms with van der Waals surface area (Å²) in [6.45, 7) is 4.10. The zero-order valence-corrected chi connectivity index (χ0v) is 7.95. The van der Waals surface area contributed by atoms with E-state index in [0.29, 0.717) is 12.2 Å². The largest absolute Gasteiger partial charge is 0.397 e. The van der Waals surface area contributed by atoms with E-state index in [1.807, 2.05) is 25.1 Å². The average Bonchev–Trinajstić information content (AvgIpc) is 2.09. The molecule has 13 heavy (non-hydrogen) atoms. The van der Waals surface area contributed by atoms with Crippen LogP contribution in [0.15, 0.2) is 24.3 Å². The number of anilines is 2. The highest BCUT2D eigenvalue weighted by atomic mass is 16.2. The van der Waals surface area contributed by atoms with Crippen LogP contribution in [0.4, 0.5) is 11.4 Å². The van der Waals surface area contributed by atoms with Crippen LogP contribution >= 0.6 is 0 Å². The first-order chi connectivity index (χ1) is 6.16. The fraction of sp³-hybridized carbons (Fsp3) is 0.300. The van der Waals surface area contributed by atoms with Crippen LogP contribution in [0.5, 0.6) is 0 Å². The quantitative estimate of drug-likeness (QED) is 0.700. The van der Waals surface area contributed by atoms with E-state index in [1.165, 1.54) is 6.92 Å². The highest BCUT2D eigenvalue weighted by Crippen LogP contribution is 2.21. The van der Waals surface area contributed by atoms with Crippen molar-refractivity contribution in [2.75, 3.05) is 17.2 Å². The molecule has 0 saturated heterocycles. The minimum absolute atomic E-state index is 0.0143. The Kier molecular flexibility index (Phi) is 2.90. The SMILES string of the molecule is CCN(C(C)=O)c1ccccc1N. The van der Waals surface area contributed by atoms with E-state index >= 15 is 0 Å². The Labute approximate surface area is 78.2 Å². The maximum absolute atomic E-state index is 11.2. The molecule has 0 unspecified atom stereocenters. The molecule has 1 aromatic carbocycles. The molecule has 0 radical (unpaired) electrons. The van der Waals surface area contributed by atoms with Crippen LogP contribution < -0.4 is 10.6 Å². The van der Waals surface area contributed by atoms with Gasteiger partial charge in [0.05, 0.1) is 11.4 Å². The van der Waals surface area contributed by atoms with Gasteiger partial charge in [-0.25, -0.2) is 0 Å². The van der Waals surface area contributed by atoms with Crippen molar-refractivity contribution in [3.05, 3.63) is 24.3 Å². The lowest BCUT2D eigenvalue weighted by molar-refractivity contribution is -0.116. The van der Waals surface area contributed by atoms with E-state index in [-0.39, 0.29) is 5.91 Å². The van der Waals surface area contributed by atoms with Gasteiger partial charge in [0.1, 0.15) is 0 Å². The van der Waals surface area contributed by atoms with Crippen molar-refractivity contribution in [3.8, 4) is 0 Å². The van der Waals surface area contributed by atoms with Gasteiger partial charge in [0.15, 0.2) is 0 Å². The van der Waals surface area contributed by atoms with Crippen molar-refractivity contribution in [3.63, 3.8) is 0 Å². The summed E-state index contributed by atoms with van der Waals surface area (Å²) in [4.78, 5) is 12.8. The second kappa shape index (κ2) is 3.94. The summed E-state index contributed by atoms with van der Waals surface area (Å²) in [7, 11) is 0. The number of nitrogens with two attached hydrogens (primary N) is 1. The molecule has 1 rings (SSSR count). The Morgan fingerprint density at radius 1 is 1.46 bits per heavy atom. The Balaban J connectivity index is 3.04. The number of nitrogens with zero attached hydrogens (tertiary/aromatic N) is 1. The first-order valence-electron chi connectivity index (χ1n) is 4.29. The minimum Gasteiger partial charge on any atom is -0.397 e. The van der Waals surface area contributed by atoms with Gasteiger partial charge in [-0.15, -0.1) is 0 Å². The molecule has 0 aliphatic rings. The minimum atomic E-state index is 0.0143. The lowest BCUT2D eigenvalue weighted by Gasteiger charge is -2.20. The fourth-order valence-corrected chi connectivity index (χ4v) is 1.30. The van der Waals surface area contributed by atoms with E-state index in [1.54, 1.807) is 11.0 Å². The van der Waals surface area contributed by atoms with Gasteiger partial charge in [0.2, 0.25) is 5.91 Å². The Morgan fingerprint density at radius 2 is 2.08 bits per heavy atom. The molecule has 0 heterocycles. The summed E-state index contributed by atoms with van der Waals surface area (Å²) in [5, 5.41) is 0. The fourth-order valence-electron chi connectivity index (χ4n) is 1.30. The summed E-state index contributed by atoms with van der Waals surface area (Å²) in [6.07, 6.45) is 0. The van der Waals surface area contributed by atoms with Crippen molar-refractivity contribution in [1.82, 2.24) is 0 Å². The monoisotopic (exact) mass is 178 g/mol. The Bertz CT molecular complexity index is 310. The number of rotatable bonds is 2. The standard InChI is InChI=1S/C10H14N2O/c1-3-12(8(2)13)10-7-5-4-6-9(10)11/h4-7H,3,11H2,1-2H3. The summed E-state index contributed by atoms with van der Waals surface area (Å²) in [6, 6.07) is 7.37. The van der Waals surface area contributed by atoms with Gasteiger partial charge in [0, 0.05) is 13.5 Å². The third-order valence-corrected chi connectivity index (χ3v) is 1.92. The Morgan fingerprint density at radius 3 is 2.54 bits per heavy atom. The number of hydrogen-bond donors (Lipinski definition) is 1. The number of hydrogen-bond acceptors (Lipinski definition) is 2. The van der Waals surface area contributed by atoms with E-state index in [9.17, 15) is 4.79 Å². The van der Waals surface area contributed by atoms with Crippen LogP contribution in [-0.4, -0.2) is 12.5 Å². The molecule has 0 spiro atoms. The van der Waals surface area contributed by atoms with E-state index < -0.39 is 0 Å². The molecule has 0 saturated carbocycles. The topological polar surface area (TPSA) is 46.3 Å². The third-order valence-electron chi connectivity index (χ3n) is 1.92. The van der Waals surface area contributed by atoms with Crippen molar-refractivity contribution in [2.24, 2.45) is 0 Å². The smallest absolute Gasteiger partial charge is 0.223 e. The van der Waals surface area contributed by atoms with Crippen LogP contribution in [-0.2, 0) is 4.79 Å². The number of amides is 1. The van der Waals surface area contributed by atoms with Crippen LogP contribution in [0.1, 0.15) is 13.8 Å². The molecule has 0 aliphatic carbocycles. The van der Waals surface area contributed by atoms with Crippen LogP contribution in [0, 0.1) is 0 Å². The maximum atomic E-state index is 11.2. The maximum Gasteiger partial charge on any atom is 0.223 e. The number of benzene rings is 1. The summed E-state index contributed by atoms with van der Waals surface area (Å²) in [5.41, 5.74) is 7.17. The van der Waals surface area contributed by atoms with Crippen LogP contribution in [0.2, 0.25) is 0 Å². The van der Waals surface area contributed by atoms with Gasteiger partial charge in [-0.3, -0.25) is 4.79 Å². The molecule has 3 nitrogen and oxygen atoms in total. The molecule has 70 valence electrons. The molecule has 0 atom stereocenters.